The van der Waals surface area contributed by atoms with Gasteiger partial charge < -0.3 is 14.8 Å². The normalized spacial score (nSPS) is 13.5. The average molecular weight is 291 g/mol. The van der Waals surface area contributed by atoms with Crippen LogP contribution in [0.4, 0.5) is 4.79 Å². The molecule has 0 saturated carbocycles. The molecule has 0 radical (unpaired) electrons. The lowest BCUT2D eigenvalue weighted by atomic mass is 9.94. The molecule has 0 aromatic heterocycles. The van der Waals surface area contributed by atoms with E-state index in [4.69, 9.17) is 0 Å². The molecule has 0 aliphatic heterocycles. The van der Waals surface area contributed by atoms with Crippen LogP contribution < -0.4 is 5.32 Å². The highest BCUT2D eigenvalue weighted by atomic mass is 16.5. The molecule has 0 saturated heterocycles. The molecule has 114 valence electrons. The largest absolute Gasteiger partial charge is 0.469 e. The van der Waals surface area contributed by atoms with Crippen LogP contribution in [0.2, 0.25) is 0 Å². The number of carbonyl (C=O) groups excluding carboxylic acids is 2. The molecule has 0 unspecified atom stereocenters. The lowest BCUT2D eigenvalue weighted by Gasteiger charge is -2.22. The highest BCUT2D eigenvalue weighted by Gasteiger charge is 2.19. The van der Waals surface area contributed by atoms with Crippen LogP contribution in [0.1, 0.15) is 24.9 Å². The Labute approximate surface area is 124 Å². The van der Waals surface area contributed by atoms with Crippen LogP contribution in [-0.4, -0.2) is 26.3 Å². The van der Waals surface area contributed by atoms with Crippen LogP contribution in [-0.2, 0) is 14.3 Å². The summed E-state index contributed by atoms with van der Waals surface area (Å²) in [5.74, 6) is -0.299. The lowest BCUT2D eigenvalue weighted by Crippen LogP contribution is -2.31. The number of alkyl carbamates (subject to hydrolysis) is 1. The maximum Gasteiger partial charge on any atom is 0.407 e. The number of esters is 1. The predicted molar refractivity (Wildman–Crippen MR) is 79.7 cm³/mol. The molecule has 0 bridgehead atoms. The highest BCUT2D eigenvalue weighted by Crippen LogP contribution is 2.23. The van der Waals surface area contributed by atoms with Crippen LogP contribution >= 0.6 is 0 Å². The summed E-state index contributed by atoms with van der Waals surface area (Å²) in [5.41, 5.74) is 0.970. The van der Waals surface area contributed by atoms with Crippen molar-refractivity contribution in [3.8, 4) is 0 Å². The molecule has 1 aromatic carbocycles. The minimum atomic E-state index is -0.489. The van der Waals surface area contributed by atoms with Crippen molar-refractivity contribution in [2.24, 2.45) is 5.92 Å². The van der Waals surface area contributed by atoms with E-state index in [1.54, 1.807) is 6.08 Å². The number of nitrogens with one attached hydrogen (secondary N) is 1. The van der Waals surface area contributed by atoms with Gasteiger partial charge in [-0.15, -0.1) is 0 Å². The molecule has 21 heavy (non-hydrogen) atoms. The fourth-order valence-corrected chi connectivity index (χ4v) is 1.94. The first-order chi connectivity index (χ1) is 10.1. The van der Waals surface area contributed by atoms with Gasteiger partial charge in [0, 0.05) is 0 Å². The van der Waals surface area contributed by atoms with E-state index in [-0.39, 0.29) is 24.3 Å². The van der Waals surface area contributed by atoms with Gasteiger partial charge in [-0.05, 0) is 11.5 Å². The fraction of sp³-hybridized carbons (Fsp3) is 0.375. The fourth-order valence-electron chi connectivity index (χ4n) is 1.94. The molecule has 0 aliphatic rings. The molecule has 1 amide bonds. The number of hydrogen-bond donors (Lipinski definition) is 1. The van der Waals surface area contributed by atoms with Crippen molar-refractivity contribution in [1.29, 1.82) is 0 Å². The number of rotatable bonds is 6. The average Bonchev–Trinajstić information content (AvgIpc) is 2.52. The maximum absolute atomic E-state index is 11.5. The van der Waals surface area contributed by atoms with Crippen molar-refractivity contribution in [2.75, 3.05) is 14.2 Å². The summed E-state index contributed by atoms with van der Waals surface area (Å²) in [6.07, 6.45) is 3.34. The molecule has 0 spiro atoms. The molecule has 1 aromatic rings. The van der Waals surface area contributed by atoms with E-state index >= 15 is 0 Å². The molecule has 2 atom stereocenters. The molecule has 5 nitrogen and oxygen atoms in total. The van der Waals surface area contributed by atoms with E-state index in [0.29, 0.717) is 0 Å². The summed E-state index contributed by atoms with van der Waals surface area (Å²) >= 11 is 0. The second-order valence-electron chi connectivity index (χ2n) is 4.59. The molecule has 1 rings (SSSR count). The Bertz CT molecular complexity index is 484. The van der Waals surface area contributed by atoms with Crippen LogP contribution in [0.5, 0.6) is 0 Å². The smallest absolute Gasteiger partial charge is 0.407 e. The number of ether oxygens (including phenoxy) is 2. The zero-order chi connectivity index (χ0) is 15.7. The van der Waals surface area contributed by atoms with Crippen molar-refractivity contribution in [2.45, 2.75) is 19.4 Å². The van der Waals surface area contributed by atoms with Gasteiger partial charge in [-0.3, -0.25) is 4.79 Å². The van der Waals surface area contributed by atoms with E-state index in [1.807, 2.05) is 43.3 Å². The zero-order valence-corrected chi connectivity index (χ0v) is 12.5. The van der Waals surface area contributed by atoms with Gasteiger partial charge in [0.1, 0.15) is 0 Å². The van der Waals surface area contributed by atoms with Gasteiger partial charge in [0.2, 0.25) is 0 Å². The van der Waals surface area contributed by atoms with Crippen molar-refractivity contribution >= 4 is 12.1 Å². The quantitative estimate of drug-likeness (QED) is 0.646. The molecule has 0 aliphatic carbocycles. The summed E-state index contributed by atoms with van der Waals surface area (Å²) in [6.45, 7) is 1.96. The first-order valence-corrected chi connectivity index (χ1v) is 6.71. The third-order valence-electron chi connectivity index (χ3n) is 3.10. The topological polar surface area (TPSA) is 64.6 Å². The summed E-state index contributed by atoms with van der Waals surface area (Å²) in [4.78, 5) is 22.6. The van der Waals surface area contributed by atoms with Gasteiger partial charge in [-0.1, -0.05) is 49.4 Å². The van der Waals surface area contributed by atoms with Crippen molar-refractivity contribution in [1.82, 2.24) is 5.32 Å². The molecule has 5 heteroatoms. The van der Waals surface area contributed by atoms with Gasteiger partial charge in [-0.25, -0.2) is 4.79 Å². The second kappa shape index (κ2) is 8.79. The van der Waals surface area contributed by atoms with Crippen LogP contribution in [0.15, 0.2) is 42.5 Å². The van der Waals surface area contributed by atoms with Crippen LogP contribution in [0.3, 0.4) is 0 Å². The Balaban J connectivity index is 2.80. The minimum absolute atomic E-state index is 0.00356. The first kappa shape index (κ1) is 16.8. The predicted octanol–water partition coefficient (Wildman–Crippen LogP) is 2.84. The van der Waals surface area contributed by atoms with Gasteiger partial charge in [-0.2, -0.15) is 0 Å². The van der Waals surface area contributed by atoms with Crippen molar-refractivity contribution in [3.63, 3.8) is 0 Å². The van der Waals surface area contributed by atoms with Crippen molar-refractivity contribution in [3.05, 3.63) is 48.0 Å². The van der Waals surface area contributed by atoms with E-state index in [0.717, 1.165) is 5.56 Å². The number of carbonyl (C=O) groups is 2. The molecular weight excluding hydrogens is 270 g/mol. The van der Waals surface area contributed by atoms with Crippen LogP contribution in [0.25, 0.3) is 0 Å². The molecule has 0 fully saturated rings. The Morgan fingerprint density at radius 3 is 2.43 bits per heavy atom. The minimum Gasteiger partial charge on any atom is -0.469 e. The number of methoxy groups -OCH3 is 2. The lowest BCUT2D eigenvalue weighted by molar-refractivity contribution is -0.139. The van der Waals surface area contributed by atoms with E-state index < -0.39 is 6.09 Å². The van der Waals surface area contributed by atoms with Gasteiger partial charge in [0.25, 0.3) is 0 Å². The highest BCUT2D eigenvalue weighted by molar-refractivity contribution is 5.71. The zero-order valence-electron chi connectivity index (χ0n) is 12.5. The summed E-state index contributed by atoms with van der Waals surface area (Å²) in [5, 5.41) is 2.81. The first-order valence-electron chi connectivity index (χ1n) is 6.71. The molecule has 0 heterocycles. The third kappa shape index (κ3) is 5.69. The van der Waals surface area contributed by atoms with Gasteiger partial charge in [0.15, 0.2) is 0 Å². The summed E-state index contributed by atoms with van der Waals surface area (Å²) in [6, 6.07) is 9.37. The van der Waals surface area contributed by atoms with E-state index in [1.165, 1.54) is 14.2 Å². The summed E-state index contributed by atoms with van der Waals surface area (Å²) < 4.78 is 9.24. The summed E-state index contributed by atoms with van der Waals surface area (Å²) in [7, 11) is 2.68. The standard InChI is InChI=1S/C16H21NO4/c1-12(8-7-11-14(18)20-2)15(17-16(19)21-3)13-9-5-4-6-10-13/h4-10,12,15H,11H2,1-3H3,(H,17,19)/b8-7+/t12-,15+/m1/s1. The molecular formula is C16H21NO4. The van der Waals surface area contributed by atoms with Crippen molar-refractivity contribution < 1.29 is 19.1 Å². The van der Waals surface area contributed by atoms with E-state index in [9.17, 15) is 9.59 Å². The number of hydrogen-bond acceptors (Lipinski definition) is 4. The van der Waals surface area contributed by atoms with Gasteiger partial charge >= 0.3 is 12.1 Å². The maximum atomic E-state index is 11.5. The Morgan fingerprint density at radius 2 is 1.86 bits per heavy atom. The van der Waals surface area contributed by atoms with E-state index in [2.05, 4.69) is 14.8 Å². The number of amides is 1. The second-order valence-corrected chi connectivity index (χ2v) is 4.59. The Hall–Kier alpha value is -2.30. The Morgan fingerprint density at radius 1 is 1.19 bits per heavy atom. The SMILES string of the molecule is COC(=O)C/C=C/[C@@H](C)[C@H](NC(=O)OC)c1ccccc1. The molecule has 1 N–H and O–H groups in total. The van der Waals surface area contributed by atoms with Gasteiger partial charge in [0.05, 0.1) is 26.7 Å². The monoisotopic (exact) mass is 291 g/mol. The third-order valence-corrected chi connectivity index (χ3v) is 3.10. The van der Waals surface area contributed by atoms with Crippen LogP contribution in [0, 0.1) is 5.92 Å². The Kier molecular flexibility index (Phi) is 7.01. The number of benzene rings is 1.